The summed E-state index contributed by atoms with van der Waals surface area (Å²) < 4.78 is 12.3. The molecule has 2 unspecified atom stereocenters. The number of nitrogens with one attached hydrogen (secondary N) is 2. The molecule has 56 heavy (non-hydrogen) atoms. The Hall–Kier alpha value is -5.49. The normalized spacial score (nSPS) is 20.7. The van der Waals surface area contributed by atoms with Crippen LogP contribution in [0.3, 0.4) is 0 Å². The Morgan fingerprint density at radius 1 is 0.857 bits per heavy atom. The number of aliphatic hydroxyl groups excluding tert-OH is 1. The van der Waals surface area contributed by atoms with E-state index in [9.17, 15) is 24.6 Å². The number of benzene rings is 4. The number of fused-ring (bicyclic) bond motifs is 4. The molecule has 4 N–H and O–H groups in total. The van der Waals surface area contributed by atoms with Crippen molar-refractivity contribution in [1.82, 2.24) is 20.1 Å². The number of phenolic OH excluding ortho intramolecular Hbond substituents is 1. The number of amides is 1. The standard InChI is InChI=1S/C45H48N4O7/c50-38-16-14-36(37-15-17-41(52)47-42(37)38)39(51)27-46-26-30-6-8-31(9-7-30)29-55-35-12-10-33(11-13-35)43(53)49-24-20-45(21-25-49,34-4-2-1-3-5-34)44(54)56-40-28-48-22-18-32(40)19-23-48/h1-17,32,39-40,46,50-51H,18-29H2,(H,47,52). The zero-order valence-electron chi connectivity index (χ0n) is 31.4. The number of aromatic hydroxyl groups is 1. The van der Waals surface area contributed by atoms with E-state index in [1.165, 1.54) is 12.1 Å². The molecule has 11 heteroatoms. The van der Waals surface area contributed by atoms with Crippen molar-refractivity contribution in [1.29, 1.82) is 0 Å². The van der Waals surface area contributed by atoms with Gasteiger partial charge in [0.1, 0.15) is 24.2 Å². The van der Waals surface area contributed by atoms with Gasteiger partial charge in [0, 0.05) is 49.7 Å². The van der Waals surface area contributed by atoms with Gasteiger partial charge in [0.25, 0.3) is 5.91 Å². The summed E-state index contributed by atoms with van der Waals surface area (Å²) in [6.07, 6.45) is 2.29. The second-order valence-electron chi connectivity index (χ2n) is 15.4. The van der Waals surface area contributed by atoms with Gasteiger partial charge in [0.05, 0.1) is 17.0 Å². The third-order valence-electron chi connectivity index (χ3n) is 11.9. The third-order valence-corrected chi connectivity index (χ3v) is 11.9. The predicted molar refractivity (Wildman–Crippen MR) is 212 cm³/mol. The zero-order chi connectivity index (χ0) is 38.6. The summed E-state index contributed by atoms with van der Waals surface area (Å²) in [6, 6.07) is 31.3. The van der Waals surface area contributed by atoms with Gasteiger partial charge in [-0.25, -0.2) is 0 Å². The van der Waals surface area contributed by atoms with Crippen LogP contribution in [0.5, 0.6) is 11.5 Å². The highest BCUT2D eigenvalue weighted by Gasteiger charge is 2.47. The van der Waals surface area contributed by atoms with Gasteiger partial charge in [-0.15, -0.1) is 0 Å². The summed E-state index contributed by atoms with van der Waals surface area (Å²) in [5.41, 5.74) is 3.39. The van der Waals surface area contributed by atoms with Crippen LogP contribution in [0.2, 0.25) is 0 Å². The highest BCUT2D eigenvalue weighted by molar-refractivity contribution is 5.95. The number of hydrogen-bond acceptors (Lipinski definition) is 9. The molecular weight excluding hydrogens is 709 g/mol. The van der Waals surface area contributed by atoms with Crippen molar-refractivity contribution >= 4 is 22.8 Å². The first-order valence-corrected chi connectivity index (χ1v) is 19.6. The van der Waals surface area contributed by atoms with Crippen molar-refractivity contribution in [3.63, 3.8) is 0 Å². The number of likely N-dealkylation sites (tertiary alicyclic amines) is 1. The predicted octanol–water partition coefficient (Wildman–Crippen LogP) is 5.45. The number of carbonyl (C=O) groups is 2. The molecule has 1 aromatic heterocycles. The highest BCUT2D eigenvalue weighted by Crippen LogP contribution is 2.39. The number of ether oxygens (including phenoxy) is 2. The Balaban J connectivity index is 0.815. The number of hydrogen-bond donors (Lipinski definition) is 4. The average molecular weight is 757 g/mol. The monoisotopic (exact) mass is 756 g/mol. The van der Waals surface area contributed by atoms with E-state index in [-0.39, 0.29) is 35.8 Å². The van der Waals surface area contributed by atoms with Crippen LogP contribution >= 0.6 is 0 Å². The van der Waals surface area contributed by atoms with Crippen LogP contribution in [0.4, 0.5) is 0 Å². The van der Waals surface area contributed by atoms with Crippen molar-refractivity contribution in [2.75, 3.05) is 39.3 Å². The largest absolute Gasteiger partial charge is 0.506 e. The molecule has 9 rings (SSSR count). The number of phenols is 1. The molecule has 290 valence electrons. The van der Waals surface area contributed by atoms with Crippen LogP contribution in [-0.2, 0) is 28.1 Å². The van der Waals surface area contributed by atoms with E-state index in [1.807, 2.05) is 71.6 Å². The molecule has 4 aromatic carbocycles. The van der Waals surface area contributed by atoms with Gasteiger partial charge in [0.2, 0.25) is 5.56 Å². The first-order chi connectivity index (χ1) is 27.3. The number of aromatic nitrogens is 1. The van der Waals surface area contributed by atoms with E-state index >= 15 is 0 Å². The Morgan fingerprint density at radius 3 is 2.27 bits per heavy atom. The van der Waals surface area contributed by atoms with Gasteiger partial charge >= 0.3 is 5.97 Å². The highest BCUT2D eigenvalue weighted by atomic mass is 16.5. The average Bonchev–Trinajstić information content (AvgIpc) is 3.24. The summed E-state index contributed by atoms with van der Waals surface area (Å²) in [5.74, 6) is 0.832. The van der Waals surface area contributed by atoms with Gasteiger partial charge in [-0.3, -0.25) is 19.3 Å². The number of H-pyrrole nitrogens is 1. The van der Waals surface area contributed by atoms with E-state index in [0.717, 1.165) is 49.2 Å². The van der Waals surface area contributed by atoms with E-state index in [2.05, 4.69) is 15.2 Å². The second-order valence-corrected chi connectivity index (χ2v) is 15.4. The first kappa shape index (κ1) is 37.4. The Morgan fingerprint density at radius 2 is 1.57 bits per heavy atom. The van der Waals surface area contributed by atoms with Crippen LogP contribution in [-0.4, -0.2) is 82.2 Å². The lowest BCUT2D eigenvalue weighted by Crippen LogP contribution is -2.55. The molecule has 2 atom stereocenters. The minimum absolute atomic E-state index is 0.0437. The maximum absolute atomic E-state index is 14.0. The zero-order valence-corrected chi connectivity index (χ0v) is 31.4. The van der Waals surface area contributed by atoms with Crippen molar-refractivity contribution < 1.29 is 29.3 Å². The number of rotatable bonds is 12. The fourth-order valence-electron chi connectivity index (χ4n) is 8.56. The maximum Gasteiger partial charge on any atom is 0.317 e. The molecule has 5 aromatic rings. The minimum Gasteiger partial charge on any atom is -0.506 e. The molecule has 11 nitrogen and oxygen atoms in total. The molecule has 1 amide bonds. The lowest BCUT2D eigenvalue weighted by Gasteiger charge is -2.46. The Kier molecular flexibility index (Phi) is 10.9. The number of aromatic amines is 1. The smallest absolute Gasteiger partial charge is 0.317 e. The SMILES string of the molecule is O=C(c1ccc(OCc2ccc(CNCC(O)c3ccc(O)c4[nH]c(=O)ccc34)cc2)cc1)N1CCC(C(=O)OC2CN3CCC2CC3)(c2ccccc2)CC1. The molecule has 5 heterocycles. The van der Waals surface area contributed by atoms with Gasteiger partial charge in [-0.2, -0.15) is 0 Å². The summed E-state index contributed by atoms with van der Waals surface area (Å²) in [4.78, 5) is 46.2. The van der Waals surface area contributed by atoms with Crippen LogP contribution < -0.4 is 15.6 Å². The number of carbonyl (C=O) groups excluding carboxylic acids is 2. The number of aliphatic hydroxyl groups is 1. The molecule has 4 saturated heterocycles. The lowest BCUT2D eigenvalue weighted by molar-refractivity contribution is -0.167. The van der Waals surface area contributed by atoms with Crippen molar-refractivity contribution in [2.45, 2.75) is 56.5 Å². The first-order valence-electron chi connectivity index (χ1n) is 19.6. The molecule has 0 spiro atoms. The van der Waals surface area contributed by atoms with Crippen LogP contribution in [0.15, 0.2) is 108 Å². The molecule has 2 bridgehead atoms. The summed E-state index contributed by atoms with van der Waals surface area (Å²) in [7, 11) is 0. The van der Waals surface area contributed by atoms with E-state index in [4.69, 9.17) is 9.47 Å². The van der Waals surface area contributed by atoms with E-state index < -0.39 is 11.5 Å². The topological polar surface area (TPSA) is 144 Å². The van der Waals surface area contributed by atoms with Crippen molar-refractivity contribution in [3.8, 4) is 11.5 Å². The van der Waals surface area contributed by atoms with Crippen LogP contribution in [0.25, 0.3) is 10.9 Å². The third kappa shape index (κ3) is 7.93. The van der Waals surface area contributed by atoms with E-state index in [0.29, 0.717) is 72.8 Å². The summed E-state index contributed by atoms with van der Waals surface area (Å²) in [6.45, 7) is 5.10. The van der Waals surface area contributed by atoms with Crippen molar-refractivity contribution in [3.05, 3.63) is 141 Å². The maximum atomic E-state index is 14.0. The Labute approximate surface area is 325 Å². The number of nitrogens with zero attached hydrogens (tertiary/aromatic N) is 2. The molecule has 0 aliphatic carbocycles. The van der Waals surface area contributed by atoms with Gasteiger partial charge in [-0.05, 0) is 103 Å². The number of pyridine rings is 1. The van der Waals surface area contributed by atoms with Gasteiger partial charge < -0.3 is 34.9 Å². The number of esters is 1. The molecule has 0 radical (unpaired) electrons. The molecule has 4 aliphatic rings. The molecule has 4 aliphatic heterocycles. The fourth-order valence-corrected chi connectivity index (χ4v) is 8.56. The molecule has 0 saturated carbocycles. The summed E-state index contributed by atoms with van der Waals surface area (Å²) >= 11 is 0. The quantitative estimate of drug-likeness (QED) is 0.122. The second kappa shape index (κ2) is 16.3. The summed E-state index contributed by atoms with van der Waals surface area (Å²) in [5, 5.41) is 24.8. The van der Waals surface area contributed by atoms with Gasteiger partial charge in [0.15, 0.2) is 0 Å². The Bertz CT molecular complexity index is 2210. The van der Waals surface area contributed by atoms with Crippen molar-refractivity contribution in [2.24, 2.45) is 5.92 Å². The van der Waals surface area contributed by atoms with Gasteiger partial charge in [-0.1, -0.05) is 60.7 Å². The van der Waals surface area contributed by atoms with Crippen LogP contribution in [0, 0.1) is 5.92 Å². The fraction of sp³-hybridized carbons (Fsp3) is 0.356. The number of piperidine rings is 4. The van der Waals surface area contributed by atoms with Crippen LogP contribution in [0.1, 0.15) is 64.4 Å². The molecule has 4 fully saturated rings. The molecular formula is C45H48N4O7. The van der Waals surface area contributed by atoms with E-state index in [1.54, 1.807) is 24.3 Å². The minimum atomic E-state index is -0.840. The lowest BCUT2D eigenvalue weighted by atomic mass is 9.72.